The topological polar surface area (TPSA) is 25.2 Å². The van der Waals surface area contributed by atoms with Crippen LogP contribution in [0.1, 0.15) is 12.5 Å². The highest BCUT2D eigenvalue weighted by Gasteiger charge is 1.90. The summed E-state index contributed by atoms with van der Waals surface area (Å²) in [5, 5.41) is 0. The molecule has 2 nitrogen and oxygen atoms in total. The van der Waals surface area contributed by atoms with Gasteiger partial charge in [-0.15, -0.1) is 0 Å². The Bertz CT molecular complexity index is 241. The van der Waals surface area contributed by atoms with E-state index in [-0.39, 0.29) is 0 Å². The van der Waals surface area contributed by atoms with E-state index in [1.807, 2.05) is 19.9 Å². The molecule has 0 N–H and O–H groups in total. The van der Waals surface area contributed by atoms with Gasteiger partial charge in [-0.2, -0.15) is 0 Å². The summed E-state index contributed by atoms with van der Waals surface area (Å²) in [7, 11) is 0. The molecule has 1 heterocycles. The maximum atomic E-state index is 4.12. The number of aliphatic imine (C=N–C) groups is 1. The van der Waals surface area contributed by atoms with E-state index in [4.69, 9.17) is 0 Å². The van der Waals surface area contributed by atoms with Crippen molar-refractivity contribution in [1.29, 1.82) is 0 Å². The first-order valence-corrected chi connectivity index (χ1v) is 3.24. The fraction of sp³-hybridized carbons (Fsp3) is 0.250. The third-order valence-electron chi connectivity index (χ3n) is 1.28. The van der Waals surface area contributed by atoms with Crippen molar-refractivity contribution >= 4 is 11.9 Å². The summed E-state index contributed by atoms with van der Waals surface area (Å²) in [4.78, 5) is 8.07. The highest BCUT2D eigenvalue weighted by Crippen LogP contribution is 2.13. The minimum absolute atomic E-state index is 0.949. The Kier molecular flexibility index (Phi) is 2.15. The van der Waals surface area contributed by atoms with E-state index in [9.17, 15) is 0 Å². The molecule has 1 rings (SSSR count). The van der Waals surface area contributed by atoms with Crippen LogP contribution >= 0.6 is 0 Å². The van der Waals surface area contributed by atoms with Crippen LogP contribution in [-0.4, -0.2) is 11.2 Å². The number of rotatable bonds is 1. The predicted octanol–water partition coefficient (Wildman–Crippen LogP) is 2.11. The summed E-state index contributed by atoms with van der Waals surface area (Å²) in [5.74, 6) is 0. The van der Waals surface area contributed by atoms with Gasteiger partial charge in [0.1, 0.15) is 0 Å². The third-order valence-corrected chi connectivity index (χ3v) is 1.28. The van der Waals surface area contributed by atoms with Crippen molar-refractivity contribution in [3.63, 3.8) is 0 Å². The standard InChI is InChI=1S/C8H10N2/c1-3-10-8-6-9-5-4-7(8)2/h3-6H,1-2H3. The van der Waals surface area contributed by atoms with Gasteiger partial charge in [0, 0.05) is 12.4 Å². The van der Waals surface area contributed by atoms with E-state index in [0.717, 1.165) is 11.3 Å². The van der Waals surface area contributed by atoms with Gasteiger partial charge in [-0.1, -0.05) is 0 Å². The minimum Gasteiger partial charge on any atom is -0.262 e. The second-order valence-corrected chi connectivity index (χ2v) is 2.05. The summed E-state index contributed by atoms with van der Waals surface area (Å²) < 4.78 is 0. The zero-order valence-corrected chi connectivity index (χ0v) is 6.20. The average Bonchev–Trinajstić information content (AvgIpc) is 1.94. The van der Waals surface area contributed by atoms with Crippen LogP contribution in [0.15, 0.2) is 23.5 Å². The molecule has 0 saturated heterocycles. The lowest BCUT2D eigenvalue weighted by molar-refractivity contribution is 1.26. The summed E-state index contributed by atoms with van der Waals surface area (Å²) in [5.41, 5.74) is 2.11. The van der Waals surface area contributed by atoms with Gasteiger partial charge in [-0.3, -0.25) is 9.98 Å². The lowest BCUT2D eigenvalue weighted by atomic mass is 10.3. The molecule has 0 aliphatic rings. The van der Waals surface area contributed by atoms with Gasteiger partial charge in [0.05, 0.1) is 11.9 Å². The molecule has 0 unspecified atom stereocenters. The Morgan fingerprint density at radius 2 is 2.40 bits per heavy atom. The fourth-order valence-electron chi connectivity index (χ4n) is 0.730. The van der Waals surface area contributed by atoms with Crippen molar-refractivity contribution in [2.45, 2.75) is 13.8 Å². The van der Waals surface area contributed by atoms with Crippen LogP contribution in [0.2, 0.25) is 0 Å². The molecule has 0 aliphatic carbocycles. The van der Waals surface area contributed by atoms with Gasteiger partial charge in [-0.05, 0) is 25.5 Å². The van der Waals surface area contributed by atoms with Crippen molar-refractivity contribution in [1.82, 2.24) is 4.98 Å². The summed E-state index contributed by atoms with van der Waals surface area (Å²) in [6.07, 6.45) is 5.30. The third kappa shape index (κ3) is 1.41. The molecule has 0 aliphatic heterocycles. The second kappa shape index (κ2) is 3.11. The number of pyridine rings is 1. The number of hydrogen-bond acceptors (Lipinski definition) is 2. The normalized spacial score (nSPS) is 10.6. The molecule has 0 amide bonds. The van der Waals surface area contributed by atoms with E-state index >= 15 is 0 Å². The maximum Gasteiger partial charge on any atom is 0.0837 e. The van der Waals surface area contributed by atoms with Gasteiger partial charge in [0.15, 0.2) is 0 Å². The Balaban J connectivity index is 3.03. The number of hydrogen-bond donors (Lipinski definition) is 0. The lowest BCUT2D eigenvalue weighted by Gasteiger charge is -1.94. The van der Waals surface area contributed by atoms with Crippen molar-refractivity contribution < 1.29 is 0 Å². The van der Waals surface area contributed by atoms with Gasteiger partial charge in [-0.25, -0.2) is 0 Å². The minimum atomic E-state index is 0.949. The largest absolute Gasteiger partial charge is 0.262 e. The molecule has 1 aromatic heterocycles. The Morgan fingerprint density at radius 3 is 3.00 bits per heavy atom. The van der Waals surface area contributed by atoms with Crippen molar-refractivity contribution in [2.24, 2.45) is 4.99 Å². The zero-order valence-electron chi connectivity index (χ0n) is 6.20. The van der Waals surface area contributed by atoms with E-state index in [1.165, 1.54) is 0 Å². The molecule has 0 aromatic carbocycles. The van der Waals surface area contributed by atoms with Crippen molar-refractivity contribution in [3.05, 3.63) is 24.0 Å². The molecule has 2 heteroatoms. The van der Waals surface area contributed by atoms with Crippen LogP contribution in [-0.2, 0) is 0 Å². The first-order valence-electron chi connectivity index (χ1n) is 3.24. The van der Waals surface area contributed by atoms with Crippen LogP contribution in [0.3, 0.4) is 0 Å². The van der Waals surface area contributed by atoms with Crippen LogP contribution in [0.4, 0.5) is 5.69 Å². The molecular weight excluding hydrogens is 124 g/mol. The number of nitrogens with zero attached hydrogens (tertiary/aromatic N) is 2. The molecule has 0 radical (unpaired) electrons. The smallest absolute Gasteiger partial charge is 0.0837 e. The first-order chi connectivity index (χ1) is 4.84. The Morgan fingerprint density at radius 1 is 1.60 bits per heavy atom. The van der Waals surface area contributed by atoms with Gasteiger partial charge in [0.25, 0.3) is 0 Å². The van der Waals surface area contributed by atoms with Crippen LogP contribution in [0.25, 0.3) is 0 Å². The summed E-state index contributed by atoms with van der Waals surface area (Å²) in [6, 6.07) is 1.95. The molecular formula is C8H10N2. The second-order valence-electron chi connectivity index (χ2n) is 2.05. The van der Waals surface area contributed by atoms with Crippen LogP contribution in [0.5, 0.6) is 0 Å². The number of aryl methyl sites for hydroxylation is 1. The molecule has 52 valence electrons. The highest BCUT2D eigenvalue weighted by molar-refractivity contribution is 5.61. The maximum absolute atomic E-state index is 4.12. The molecule has 0 bridgehead atoms. The quantitative estimate of drug-likeness (QED) is 0.540. The van der Waals surface area contributed by atoms with E-state index < -0.39 is 0 Å². The van der Waals surface area contributed by atoms with Gasteiger partial charge in [0.2, 0.25) is 0 Å². The Hall–Kier alpha value is -1.18. The van der Waals surface area contributed by atoms with Crippen LogP contribution in [0, 0.1) is 6.92 Å². The van der Waals surface area contributed by atoms with Gasteiger partial charge >= 0.3 is 0 Å². The fourth-order valence-corrected chi connectivity index (χ4v) is 0.730. The van der Waals surface area contributed by atoms with E-state index in [0.29, 0.717) is 0 Å². The highest BCUT2D eigenvalue weighted by atomic mass is 14.8. The molecule has 0 fully saturated rings. The molecule has 10 heavy (non-hydrogen) atoms. The van der Waals surface area contributed by atoms with Crippen molar-refractivity contribution in [3.8, 4) is 0 Å². The predicted molar refractivity (Wildman–Crippen MR) is 42.8 cm³/mol. The Labute approximate surface area is 60.6 Å². The molecule has 1 aromatic rings. The first kappa shape index (κ1) is 6.93. The molecule has 0 spiro atoms. The average molecular weight is 134 g/mol. The summed E-state index contributed by atoms with van der Waals surface area (Å²) >= 11 is 0. The molecule has 0 atom stereocenters. The lowest BCUT2D eigenvalue weighted by Crippen LogP contribution is -1.75. The zero-order chi connectivity index (χ0) is 7.40. The van der Waals surface area contributed by atoms with Crippen LogP contribution < -0.4 is 0 Å². The van der Waals surface area contributed by atoms with E-state index in [1.54, 1.807) is 18.6 Å². The monoisotopic (exact) mass is 134 g/mol. The summed E-state index contributed by atoms with van der Waals surface area (Å²) in [6.45, 7) is 3.91. The van der Waals surface area contributed by atoms with E-state index in [2.05, 4.69) is 9.98 Å². The number of aromatic nitrogens is 1. The van der Waals surface area contributed by atoms with Gasteiger partial charge < -0.3 is 0 Å². The molecule has 0 saturated carbocycles. The SMILES string of the molecule is CC=Nc1cnccc1C. The van der Waals surface area contributed by atoms with Crippen molar-refractivity contribution in [2.75, 3.05) is 0 Å².